The molecule has 0 fully saturated rings. The van der Waals surface area contributed by atoms with Gasteiger partial charge in [-0.1, -0.05) is 12.1 Å². The molecule has 0 saturated carbocycles. The van der Waals surface area contributed by atoms with E-state index in [0.29, 0.717) is 6.54 Å². The average Bonchev–Trinajstić information content (AvgIpc) is 3.09. The molecular formula is C18H19N3O. The quantitative estimate of drug-likeness (QED) is 0.790. The first-order chi connectivity index (χ1) is 10.7. The standard InChI is InChI=1S/C18H19N3O/c1-11-5-13-8-15(9-19)22-18(13)16(6-11)12-3-4-17-14(7-12)10-20-21(17)2/h3-7,10,15H,8-9,19H2,1-2H3. The second kappa shape index (κ2) is 4.85. The van der Waals surface area contributed by atoms with Crippen LogP contribution in [0.3, 0.4) is 0 Å². The van der Waals surface area contributed by atoms with Crippen LogP contribution >= 0.6 is 0 Å². The molecule has 4 nitrogen and oxygen atoms in total. The first-order valence-electron chi connectivity index (χ1n) is 7.58. The molecule has 4 heteroatoms. The van der Waals surface area contributed by atoms with Gasteiger partial charge < -0.3 is 10.5 Å². The predicted molar refractivity (Wildman–Crippen MR) is 88.1 cm³/mol. The van der Waals surface area contributed by atoms with E-state index >= 15 is 0 Å². The number of aryl methyl sites for hydroxylation is 2. The number of ether oxygens (including phenoxy) is 1. The SMILES string of the molecule is Cc1cc2c(c(-c3ccc4c(cnn4C)c3)c1)OC(CN)C2. The smallest absolute Gasteiger partial charge is 0.130 e. The van der Waals surface area contributed by atoms with Crippen molar-refractivity contribution < 1.29 is 4.74 Å². The summed E-state index contributed by atoms with van der Waals surface area (Å²) in [5, 5.41) is 5.46. The lowest BCUT2D eigenvalue weighted by atomic mass is 9.97. The van der Waals surface area contributed by atoms with Crippen molar-refractivity contribution in [3.8, 4) is 16.9 Å². The zero-order valence-electron chi connectivity index (χ0n) is 12.8. The van der Waals surface area contributed by atoms with Gasteiger partial charge in [-0.05, 0) is 41.8 Å². The number of benzene rings is 2. The highest BCUT2D eigenvalue weighted by Crippen LogP contribution is 2.40. The van der Waals surface area contributed by atoms with Crippen LogP contribution in [-0.4, -0.2) is 22.4 Å². The van der Waals surface area contributed by atoms with Crippen molar-refractivity contribution in [2.24, 2.45) is 12.8 Å². The Morgan fingerprint density at radius 3 is 3.00 bits per heavy atom. The van der Waals surface area contributed by atoms with E-state index in [4.69, 9.17) is 10.5 Å². The first kappa shape index (κ1) is 13.3. The normalized spacial score (nSPS) is 16.8. The highest BCUT2D eigenvalue weighted by molar-refractivity contribution is 5.86. The fraction of sp³-hybridized carbons (Fsp3) is 0.278. The molecule has 0 amide bonds. The third-order valence-electron chi connectivity index (χ3n) is 4.36. The van der Waals surface area contributed by atoms with Crippen LogP contribution in [0.2, 0.25) is 0 Å². The Hall–Kier alpha value is -2.33. The molecule has 22 heavy (non-hydrogen) atoms. The van der Waals surface area contributed by atoms with Crippen LogP contribution in [0, 0.1) is 6.92 Å². The van der Waals surface area contributed by atoms with Gasteiger partial charge in [-0.3, -0.25) is 4.68 Å². The lowest BCUT2D eigenvalue weighted by Crippen LogP contribution is -2.24. The van der Waals surface area contributed by atoms with E-state index in [1.807, 2.05) is 17.9 Å². The van der Waals surface area contributed by atoms with Gasteiger partial charge in [-0.15, -0.1) is 0 Å². The number of hydrogen-bond donors (Lipinski definition) is 1. The number of rotatable bonds is 2. The molecule has 0 aliphatic carbocycles. The summed E-state index contributed by atoms with van der Waals surface area (Å²) in [6.45, 7) is 2.68. The minimum absolute atomic E-state index is 0.0951. The maximum absolute atomic E-state index is 6.07. The van der Waals surface area contributed by atoms with Crippen molar-refractivity contribution in [3.63, 3.8) is 0 Å². The third-order valence-corrected chi connectivity index (χ3v) is 4.36. The molecule has 2 N–H and O–H groups in total. The second-order valence-electron chi connectivity index (χ2n) is 6.02. The Kier molecular flexibility index (Phi) is 2.94. The van der Waals surface area contributed by atoms with Crippen LogP contribution in [0.4, 0.5) is 0 Å². The van der Waals surface area contributed by atoms with Gasteiger partial charge in [0.1, 0.15) is 11.9 Å². The van der Waals surface area contributed by atoms with Gasteiger partial charge in [-0.25, -0.2) is 0 Å². The minimum atomic E-state index is 0.0951. The van der Waals surface area contributed by atoms with E-state index in [9.17, 15) is 0 Å². The van der Waals surface area contributed by atoms with Crippen LogP contribution in [0.15, 0.2) is 36.5 Å². The Balaban J connectivity index is 1.88. The molecule has 1 atom stereocenters. The summed E-state index contributed by atoms with van der Waals surface area (Å²) in [6, 6.07) is 10.8. The van der Waals surface area contributed by atoms with Gasteiger partial charge in [0.05, 0.1) is 11.7 Å². The van der Waals surface area contributed by atoms with E-state index in [0.717, 1.165) is 34.2 Å². The zero-order chi connectivity index (χ0) is 15.3. The lowest BCUT2D eigenvalue weighted by Gasteiger charge is -2.12. The monoisotopic (exact) mass is 293 g/mol. The topological polar surface area (TPSA) is 53.1 Å². The van der Waals surface area contributed by atoms with E-state index in [-0.39, 0.29) is 6.10 Å². The Labute approximate surface area is 129 Å². The molecular weight excluding hydrogens is 274 g/mol. The molecule has 3 aromatic rings. The molecule has 0 spiro atoms. The Morgan fingerprint density at radius 1 is 1.32 bits per heavy atom. The first-order valence-corrected chi connectivity index (χ1v) is 7.58. The van der Waals surface area contributed by atoms with Gasteiger partial charge >= 0.3 is 0 Å². The largest absolute Gasteiger partial charge is 0.488 e. The fourth-order valence-corrected chi connectivity index (χ4v) is 3.27. The van der Waals surface area contributed by atoms with Crippen molar-refractivity contribution in [1.82, 2.24) is 9.78 Å². The van der Waals surface area contributed by atoms with Crippen LogP contribution in [0.25, 0.3) is 22.0 Å². The second-order valence-corrected chi connectivity index (χ2v) is 6.02. The predicted octanol–water partition coefficient (Wildman–Crippen LogP) is 2.81. The summed E-state index contributed by atoms with van der Waals surface area (Å²) in [6.07, 6.45) is 2.89. The Morgan fingerprint density at radius 2 is 2.18 bits per heavy atom. The van der Waals surface area contributed by atoms with Crippen molar-refractivity contribution >= 4 is 10.9 Å². The summed E-state index contributed by atoms with van der Waals surface area (Å²) < 4.78 is 7.96. The molecule has 4 rings (SSSR count). The molecule has 112 valence electrons. The van der Waals surface area contributed by atoms with E-state index in [2.05, 4.69) is 42.4 Å². The molecule has 0 radical (unpaired) electrons. The minimum Gasteiger partial charge on any atom is -0.488 e. The molecule has 0 saturated heterocycles. The molecule has 1 aliphatic rings. The number of aromatic nitrogens is 2. The van der Waals surface area contributed by atoms with Crippen LogP contribution in [0.1, 0.15) is 11.1 Å². The number of hydrogen-bond acceptors (Lipinski definition) is 3. The van der Waals surface area contributed by atoms with Crippen molar-refractivity contribution in [3.05, 3.63) is 47.7 Å². The maximum atomic E-state index is 6.07. The van der Waals surface area contributed by atoms with Gasteiger partial charge in [0.15, 0.2) is 0 Å². The van der Waals surface area contributed by atoms with Crippen molar-refractivity contribution in [2.75, 3.05) is 6.54 Å². The summed E-state index contributed by atoms with van der Waals surface area (Å²) in [5.41, 5.74) is 11.7. The molecule has 1 aliphatic heterocycles. The fourth-order valence-electron chi connectivity index (χ4n) is 3.27. The summed E-state index contributed by atoms with van der Waals surface area (Å²) in [4.78, 5) is 0. The molecule has 2 heterocycles. The van der Waals surface area contributed by atoms with E-state index in [1.54, 1.807) is 0 Å². The van der Waals surface area contributed by atoms with Gasteiger partial charge in [0.2, 0.25) is 0 Å². The maximum Gasteiger partial charge on any atom is 0.130 e. The zero-order valence-corrected chi connectivity index (χ0v) is 12.8. The number of fused-ring (bicyclic) bond motifs is 2. The number of nitrogens with zero attached hydrogens (tertiary/aromatic N) is 2. The average molecular weight is 293 g/mol. The van der Waals surface area contributed by atoms with Crippen LogP contribution in [0.5, 0.6) is 5.75 Å². The van der Waals surface area contributed by atoms with Crippen molar-refractivity contribution in [2.45, 2.75) is 19.4 Å². The van der Waals surface area contributed by atoms with Crippen molar-refractivity contribution in [1.29, 1.82) is 0 Å². The molecule has 0 bridgehead atoms. The Bertz CT molecular complexity index is 866. The van der Waals surface area contributed by atoms with Gasteiger partial charge in [-0.2, -0.15) is 5.10 Å². The number of nitrogens with two attached hydrogens (primary N) is 1. The highest BCUT2D eigenvalue weighted by Gasteiger charge is 2.25. The molecule has 2 aromatic carbocycles. The summed E-state index contributed by atoms with van der Waals surface area (Å²) in [5.74, 6) is 0.990. The van der Waals surface area contributed by atoms with E-state index in [1.165, 1.54) is 11.1 Å². The highest BCUT2D eigenvalue weighted by atomic mass is 16.5. The molecule has 1 unspecified atom stereocenters. The van der Waals surface area contributed by atoms with Crippen LogP contribution < -0.4 is 10.5 Å². The van der Waals surface area contributed by atoms with Crippen LogP contribution in [-0.2, 0) is 13.5 Å². The van der Waals surface area contributed by atoms with E-state index < -0.39 is 0 Å². The molecule has 1 aromatic heterocycles. The van der Waals surface area contributed by atoms with Gasteiger partial charge in [0.25, 0.3) is 0 Å². The third kappa shape index (κ3) is 1.99. The summed E-state index contributed by atoms with van der Waals surface area (Å²) in [7, 11) is 1.96. The lowest BCUT2D eigenvalue weighted by molar-refractivity contribution is 0.242. The summed E-state index contributed by atoms with van der Waals surface area (Å²) >= 11 is 0. The van der Waals surface area contributed by atoms with Gasteiger partial charge in [0, 0.05) is 31.0 Å².